The van der Waals surface area contributed by atoms with Gasteiger partial charge in [0, 0.05) is 23.3 Å². The molecule has 0 heterocycles. The van der Waals surface area contributed by atoms with E-state index in [4.69, 9.17) is 0 Å². The summed E-state index contributed by atoms with van der Waals surface area (Å²) in [6.07, 6.45) is 14.4. The molecule has 0 saturated carbocycles. The Morgan fingerprint density at radius 3 is 2.42 bits per heavy atom. The van der Waals surface area contributed by atoms with Crippen LogP contribution in [-0.2, 0) is 5.41 Å². The summed E-state index contributed by atoms with van der Waals surface area (Å²) >= 11 is 0. The molecule has 0 aromatic heterocycles. The van der Waals surface area contributed by atoms with E-state index in [9.17, 15) is 0 Å². The zero-order valence-corrected chi connectivity index (χ0v) is 16.8. The molecule has 0 radical (unpaired) electrons. The molecule has 0 saturated heterocycles. The number of hydrogen-bond acceptors (Lipinski definition) is 1. The van der Waals surface area contributed by atoms with Crippen LogP contribution in [0.25, 0.3) is 5.57 Å². The largest absolute Gasteiger partial charge is 0.342 e. The molecular formula is C25H31N. The highest BCUT2D eigenvalue weighted by molar-refractivity contribution is 5.88. The molecule has 0 amide bonds. The Kier molecular flexibility index (Phi) is 6.26. The maximum absolute atomic E-state index is 4.06. The molecule has 136 valence electrons. The fourth-order valence-electron chi connectivity index (χ4n) is 3.80. The normalized spacial score (nSPS) is 16.4. The molecular weight excluding hydrogens is 314 g/mol. The van der Waals surface area contributed by atoms with Crippen molar-refractivity contribution in [2.45, 2.75) is 40.0 Å². The number of hydrogen-bond donors (Lipinski definition) is 0. The van der Waals surface area contributed by atoms with Gasteiger partial charge in [0.15, 0.2) is 0 Å². The van der Waals surface area contributed by atoms with Gasteiger partial charge in [-0.25, -0.2) is 0 Å². The van der Waals surface area contributed by atoms with Crippen LogP contribution in [0, 0.1) is 0 Å². The van der Waals surface area contributed by atoms with Crippen molar-refractivity contribution >= 4 is 11.3 Å². The first-order chi connectivity index (χ1) is 12.5. The Morgan fingerprint density at radius 1 is 1.15 bits per heavy atom. The lowest BCUT2D eigenvalue weighted by atomic mass is 9.81. The van der Waals surface area contributed by atoms with E-state index in [2.05, 4.69) is 94.3 Å². The second-order valence-electron chi connectivity index (χ2n) is 6.96. The summed E-state index contributed by atoms with van der Waals surface area (Å²) in [5.74, 6) is 0. The number of nitrogens with zero attached hydrogens (tertiary/aromatic N) is 1. The minimum atomic E-state index is -0.0380. The van der Waals surface area contributed by atoms with Crippen molar-refractivity contribution in [2.75, 3.05) is 11.4 Å². The average molecular weight is 346 g/mol. The maximum atomic E-state index is 4.06. The molecule has 0 N–H and O–H groups in total. The number of rotatable bonds is 7. The van der Waals surface area contributed by atoms with Crippen molar-refractivity contribution in [3.05, 3.63) is 96.3 Å². The molecule has 1 nitrogen and oxygen atoms in total. The smallest absolute Gasteiger partial charge is 0.0414 e. The van der Waals surface area contributed by atoms with Crippen LogP contribution in [-0.4, -0.2) is 6.54 Å². The van der Waals surface area contributed by atoms with Crippen LogP contribution in [0.2, 0.25) is 0 Å². The third kappa shape index (κ3) is 3.39. The number of allylic oxidation sites excluding steroid dienone is 9. The Hall–Kier alpha value is -2.54. The summed E-state index contributed by atoms with van der Waals surface area (Å²) < 4.78 is 0. The van der Waals surface area contributed by atoms with Crippen LogP contribution >= 0.6 is 0 Å². The Bertz CT molecular complexity index is 813. The predicted molar refractivity (Wildman–Crippen MR) is 118 cm³/mol. The second kappa shape index (κ2) is 8.23. The van der Waals surface area contributed by atoms with Gasteiger partial charge in [0.05, 0.1) is 0 Å². The van der Waals surface area contributed by atoms with Crippen LogP contribution in [0.5, 0.6) is 0 Å². The van der Waals surface area contributed by atoms with E-state index in [0.717, 1.165) is 12.2 Å². The third-order valence-electron chi connectivity index (χ3n) is 5.03. The van der Waals surface area contributed by atoms with Gasteiger partial charge < -0.3 is 4.90 Å². The molecule has 0 unspecified atom stereocenters. The lowest BCUT2D eigenvalue weighted by Crippen LogP contribution is -2.22. The fraction of sp³-hybridized carbons (Fsp3) is 0.280. The molecule has 2 rings (SSSR count). The highest BCUT2D eigenvalue weighted by Crippen LogP contribution is 2.48. The Balaban J connectivity index is 2.61. The van der Waals surface area contributed by atoms with Crippen LogP contribution in [0.15, 0.2) is 85.2 Å². The molecule has 0 fully saturated rings. The highest BCUT2D eigenvalue weighted by atomic mass is 15.1. The van der Waals surface area contributed by atoms with Crippen LogP contribution in [0.1, 0.15) is 45.7 Å². The van der Waals surface area contributed by atoms with E-state index >= 15 is 0 Å². The van der Waals surface area contributed by atoms with E-state index in [0.29, 0.717) is 0 Å². The van der Waals surface area contributed by atoms with Gasteiger partial charge in [-0.1, -0.05) is 63.5 Å². The molecule has 0 spiro atoms. The zero-order valence-electron chi connectivity index (χ0n) is 16.8. The van der Waals surface area contributed by atoms with E-state index in [-0.39, 0.29) is 5.41 Å². The summed E-state index contributed by atoms with van der Waals surface area (Å²) in [7, 11) is 0. The molecule has 0 aliphatic heterocycles. The summed E-state index contributed by atoms with van der Waals surface area (Å²) in [4.78, 5) is 2.32. The molecule has 1 aliphatic rings. The van der Waals surface area contributed by atoms with Gasteiger partial charge in [-0.05, 0) is 67.3 Å². The quantitative estimate of drug-likeness (QED) is 0.482. The van der Waals surface area contributed by atoms with Gasteiger partial charge in [0.2, 0.25) is 0 Å². The maximum Gasteiger partial charge on any atom is 0.0414 e. The van der Waals surface area contributed by atoms with Crippen LogP contribution in [0.3, 0.4) is 0 Å². The van der Waals surface area contributed by atoms with Crippen LogP contribution in [0.4, 0.5) is 5.69 Å². The van der Waals surface area contributed by atoms with Gasteiger partial charge in [-0.3, -0.25) is 0 Å². The van der Waals surface area contributed by atoms with Gasteiger partial charge in [0.25, 0.3) is 0 Å². The molecule has 1 aromatic carbocycles. The van der Waals surface area contributed by atoms with Crippen molar-refractivity contribution < 1.29 is 0 Å². The van der Waals surface area contributed by atoms with E-state index in [1.807, 2.05) is 19.1 Å². The highest BCUT2D eigenvalue weighted by Gasteiger charge is 2.35. The average Bonchev–Trinajstić information content (AvgIpc) is 2.83. The summed E-state index contributed by atoms with van der Waals surface area (Å²) in [6.45, 7) is 19.7. The van der Waals surface area contributed by atoms with E-state index in [1.54, 1.807) is 0 Å². The SMILES string of the molecule is C=C/C=C(\C=C/C)N(CC)c1ccc2c(c1)C(C)(C)C(/C=C\C)=C2C=C. The van der Waals surface area contributed by atoms with Crippen molar-refractivity contribution in [3.63, 3.8) is 0 Å². The predicted octanol–water partition coefficient (Wildman–Crippen LogP) is 6.97. The number of anilines is 1. The lowest BCUT2D eigenvalue weighted by molar-refractivity contribution is 0.654. The zero-order chi connectivity index (χ0) is 19.3. The third-order valence-corrected chi connectivity index (χ3v) is 5.03. The van der Waals surface area contributed by atoms with E-state index in [1.165, 1.54) is 28.0 Å². The number of likely N-dealkylation sites (N-methyl/N-ethyl adjacent to an activating group) is 1. The standard InChI is InChI=1S/C25H31N/c1-8-13-19(14-9-2)26(12-5)20-16-17-22-21(11-4)23(15-10-3)25(6,7)24(22)18-20/h8-11,13-18H,1,4,12H2,2-3,5-7H3/b14-9-,15-10-,19-13+. The van der Waals surface area contributed by atoms with Gasteiger partial charge in [-0.2, -0.15) is 0 Å². The second-order valence-corrected chi connectivity index (χ2v) is 6.96. The van der Waals surface area contributed by atoms with Crippen molar-refractivity contribution in [3.8, 4) is 0 Å². The Labute approximate surface area is 159 Å². The summed E-state index contributed by atoms with van der Waals surface area (Å²) in [5.41, 5.74) is 7.53. The first kappa shape index (κ1) is 19.8. The topological polar surface area (TPSA) is 3.24 Å². The minimum Gasteiger partial charge on any atom is -0.342 e. The molecule has 0 bridgehead atoms. The van der Waals surface area contributed by atoms with E-state index < -0.39 is 0 Å². The molecule has 26 heavy (non-hydrogen) atoms. The lowest BCUT2D eigenvalue weighted by Gasteiger charge is -2.28. The minimum absolute atomic E-state index is 0.0380. The van der Waals surface area contributed by atoms with Gasteiger partial charge >= 0.3 is 0 Å². The van der Waals surface area contributed by atoms with Crippen molar-refractivity contribution in [1.29, 1.82) is 0 Å². The van der Waals surface area contributed by atoms with Gasteiger partial charge in [0.1, 0.15) is 0 Å². The number of fused-ring (bicyclic) bond motifs is 1. The first-order valence-electron chi connectivity index (χ1n) is 9.33. The fourth-order valence-corrected chi connectivity index (χ4v) is 3.80. The monoisotopic (exact) mass is 345 g/mol. The molecule has 0 atom stereocenters. The van der Waals surface area contributed by atoms with Crippen molar-refractivity contribution in [1.82, 2.24) is 0 Å². The first-order valence-corrected chi connectivity index (χ1v) is 9.33. The van der Waals surface area contributed by atoms with Gasteiger partial charge in [-0.15, -0.1) is 0 Å². The molecule has 1 aromatic rings. The molecule has 1 aliphatic carbocycles. The summed E-state index contributed by atoms with van der Waals surface area (Å²) in [6, 6.07) is 6.78. The summed E-state index contributed by atoms with van der Waals surface area (Å²) in [5, 5.41) is 0. The number of benzene rings is 1. The van der Waals surface area contributed by atoms with Crippen LogP contribution < -0.4 is 4.90 Å². The van der Waals surface area contributed by atoms with Crippen molar-refractivity contribution in [2.24, 2.45) is 0 Å². The Morgan fingerprint density at radius 2 is 1.88 bits per heavy atom. The molecule has 1 heteroatoms.